The summed E-state index contributed by atoms with van der Waals surface area (Å²) >= 11 is 1.95. The molecule has 0 aromatic heterocycles. The van der Waals surface area contributed by atoms with Crippen LogP contribution in [0.3, 0.4) is 0 Å². The van der Waals surface area contributed by atoms with Gasteiger partial charge in [0.15, 0.2) is 0 Å². The van der Waals surface area contributed by atoms with Gasteiger partial charge in [0.1, 0.15) is 5.75 Å². The van der Waals surface area contributed by atoms with Gasteiger partial charge in [-0.2, -0.15) is 11.8 Å². The number of benzene rings is 1. The largest absolute Gasteiger partial charge is 0.493 e. The second-order valence-corrected chi connectivity index (χ2v) is 6.91. The third-order valence-electron chi connectivity index (χ3n) is 4.14. The topological polar surface area (TPSA) is 29.5 Å². The van der Waals surface area contributed by atoms with Crippen LogP contribution in [-0.2, 0) is 6.42 Å². The second-order valence-electron chi connectivity index (χ2n) is 5.57. The summed E-state index contributed by atoms with van der Waals surface area (Å²) in [4.78, 5) is 0. The molecule has 1 heterocycles. The van der Waals surface area contributed by atoms with Crippen molar-refractivity contribution in [3.63, 3.8) is 0 Å². The highest BCUT2D eigenvalue weighted by molar-refractivity contribution is 7.99. The summed E-state index contributed by atoms with van der Waals surface area (Å²) in [6.07, 6.45) is 7.42. The lowest BCUT2D eigenvalue weighted by molar-refractivity contribution is 0.203. The molecular weight excluding hydrogens is 256 g/mol. The first-order valence-electron chi connectivity index (χ1n) is 7.38. The van der Waals surface area contributed by atoms with E-state index in [0.717, 1.165) is 35.3 Å². The van der Waals surface area contributed by atoms with E-state index < -0.39 is 0 Å². The van der Waals surface area contributed by atoms with Crippen LogP contribution in [0, 0.1) is 0 Å². The lowest BCUT2D eigenvalue weighted by Crippen LogP contribution is -2.11. The smallest absolute Gasteiger partial charge is 0.122 e. The van der Waals surface area contributed by atoms with Crippen LogP contribution in [0.1, 0.15) is 49.3 Å². The molecule has 0 saturated heterocycles. The van der Waals surface area contributed by atoms with Crippen molar-refractivity contribution >= 4 is 11.8 Å². The summed E-state index contributed by atoms with van der Waals surface area (Å²) in [7, 11) is 0. The average molecular weight is 278 g/mol. The molecule has 1 aliphatic carbocycles. The zero-order valence-electron chi connectivity index (χ0n) is 11.3. The molecular formula is C16H22O2S. The number of thioether (sulfide) groups is 1. The van der Waals surface area contributed by atoms with Gasteiger partial charge in [-0.25, -0.2) is 0 Å². The van der Waals surface area contributed by atoms with Crippen LogP contribution in [0.25, 0.3) is 0 Å². The number of aliphatic hydroxyl groups excluding tert-OH is 1. The summed E-state index contributed by atoms with van der Waals surface area (Å²) in [5.41, 5.74) is 2.30. The fourth-order valence-corrected chi connectivity index (χ4v) is 4.28. The molecule has 1 aromatic carbocycles. The van der Waals surface area contributed by atoms with Crippen LogP contribution in [0.5, 0.6) is 5.75 Å². The minimum Gasteiger partial charge on any atom is -0.493 e. The lowest BCUT2D eigenvalue weighted by Gasteiger charge is -2.22. The summed E-state index contributed by atoms with van der Waals surface area (Å²) < 4.78 is 5.50. The highest BCUT2D eigenvalue weighted by Crippen LogP contribution is 2.33. The Morgan fingerprint density at radius 3 is 2.95 bits per heavy atom. The van der Waals surface area contributed by atoms with Gasteiger partial charge in [0.25, 0.3) is 0 Å². The van der Waals surface area contributed by atoms with Crippen molar-refractivity contribution in [2.75, 3.05) is 12.4 Å². The standard InChI is InChI=1S/C16H22O2S/c17-15(11-19-14-4-2-1-3-5-14)12-6-7-16-13(10-12)8-9-18-16/h6-7,10,14-15,17H,1-5,8-9,11H2. The predicted octanol–water partition coefficient (Wildman–Crippen LogP) is 3.72. The molecule has 0 amide bonds. The molecule has 3 rings (SSSR count). The highest BCUT2D eigenvalue weighted by Gasteiger charge is 2.18. The summed E-state index contributed by atoms with van der Waals surface area (Å²) in [6.45, 7) is 0.783. The number of ether oxygens (including phenoxy) is 1. The summed E-state index contributed by atoms with van der Waals surface area (Å²) in [5, 5.41) is 11.1. The van der Waals surface area contributed by atoms with Crippen molar-refractivity contribution in [3.05, 3.63) is 29.3 Å². The molecule has 1 saturated carbocycles. The van der Waals surface area contributed by atoms with E-state index in [1.54, 1.807) is 0 Å². The molecule has 2 aliphatic rings. The molecule has 1 atom stereocenters. The van der Waals surface area contributed by atoms with E-state index in [1.165, 1.54) is 37.7 Å². The summed E-state index contributed by atoms with van der Waals surface area (Å²) in [6, 6.07) is 6.14. The molecule has 3 heteroatoms. The van der Waals surface area contributed by atoms with Gasteiger partial charge in [-0.05, 0) is 36.1 Å². The first-order chi connectivity index (χ1) is 9.33. The van der Waals surface area contributed by atoms with E-state index in [0.29, 0.717) is 0 Å². The number of hydrogen-bond donors (Lipinski definition) is 1. The quantitative estimate of drug-likeness (QED) is 0.910. The average Bonchev–Trinajstić information content (AvgIpc) is 2.93. The van der Waals surface area contributed by atoms with Crippen LogP contribution in [0.4, 0.5) is 0 Å². The van der Waals surface area contributed by atoms with E-state index in [2.05, 4.69) is 6.07 Å². The molecule has 104 valence electrons. The Balaban J connectivity index is 1.56. The zero-order chi connectivity index (χ0) is 13.1. The molecule has 1 fully saturated rings. The third-order valence-corrected chi connectivity index (χ3v) is 5.59. The third kappa shape index (κ3) is 3.26. The maximum Gasteiger partial charge on any atom is 0.122 e. The molecule has 0 bridgehead atoms. The first kappa shape index (κ1) is 13.3. The molecule has 0 spiro atoms. The molecule has 0 radical (unpaired) electrons. The SMILES string of the molecule is OC(CSC1CCCCC1)c1ccc2c(c1)CCO2. The molecule has 1 N–H and O–H groups in total. The van der Waals surface area contributed by atoms with Crippen LogP contribution in [0.2, 0.25) is 0 Å². The zero-order valence-corrected chi connectivity index (χ0v) is 12.1. The molecule has 19 heavy (non-hydrogen) atoms. The van der Waals surface area contributed by atoms with Crippen LogP contribution in [0.15, 0.2) is 18.2 Å². The Bertz CT molecular complexity index is 427. The molecule has 2 nitrogen and oxygen atoms in total. The van der Waals surface area contributed by atoms with Crippen LogP contribution < -0.4 is 4.74 Å². The van der Waals surface area contributed by atoms with Gasteiger partial charge in [-0.1, -0.05) is 25.3 Å². The predicted molar refractivity (Wildman–Crippen MR) is 79.9 cm³/mol. The van der Waals surface area contributed by atoms with Gasteiger partial charge < -0.3 is 9.84 Å². The number of aliphatic hydroxyl groups is 1. The van der Waals surface area contributed by atoms with E-state index in [-0.39, 0.29) is 6.10 Å². The van der Waals surface area contributed by atoms with Crippen molar-refractivity contribution in [1.29, 1.82) is 0 Å². The second kappa shape index (κ2) is 6.19. The van der Waals surface area contributed by atoms with Crippen molar-refractivity contribution in [2.24, 2.45) is 0 Å². The first-order valence-corrected chi connectivity index (χ1v) is 8.43. The fourth-order valence-electron chi connectivity index (χ4n) is 2.97. The van der Waals surface area contributed by atoms with E-state index in [4.69, 9.17) is 4.74 Å². The Morgan fingerprint density at radius 2 is 2.11 bits per heavy atom. The van der Waals surface area contributed by atoms with Gasteiger partial charge >= 0.3 is 0 Å². The Morgan fingerprint density at radius 1 is 1.26 bits per heavy atom. The number of rotatable bonds is 4. The van der Waals surface area contributed by atoms with Crippen LogP contribution >= 0.6 is 11.8 Å². The van der Waals surface area contributed by atoms with Gasteiger partial charge in [0.05, 0.1) is 12.7 Å². The van der Waals surface area contributed by atoms with Crippen molar-refractivity contribution in [1.82, 2.24) is 0 Å². The normalized spacial score (nSPS) is 20.9. The van der Waals surface area contributed by atoms with Gasteiger partial charge in [0, 0.05) is 17.4 Å². The minimum absolute atomic E-state index is 0.335. The van der Waals surface area contributed by atoms with Crippen molar-refractivity contribution in [2.45, 2.75) is 49.9 Å². The number of hydrogen-bond acceptors (Lipinski definition) is 3. The monoisotopic (exact) mass is 278 g/mol. The molecule has 1 unspecified atom stereocenters. The maximum absolute atomic E-state index is 10.3. The molecule has 1 aliphatic heterocycles. The molecule has 1 aromatic rings. The highest BCUT2D eigenvalue weighted by atomic mass is 32.2. The van der Waals surface area contributed by atoms with Crippen molar-refractivity contribution < 1.29 is 9.84 Å². The number of fused-ring (bicyclic) bond motifs is 1. The van der Waals surface area contributed by atoms with Gasteiger partial charge in [-0.3, -0.25) is 0 Å². The van der Waals surface area contributed by atoms with E-state index in [1.807, 2.05) is 23.9 Å². The summed E-state index contributed by atoms with van der Waals surface area (Å²) in [5.74, 6) is 1.82. The maximum atomic E-state index is 10.3. The fraction of sp³-hybridized carbons (Fsp3) is 0.625. The lowest BCUT2D eigenvalue weighted by atomic mass is 10.0. The Hall–Kier alpha value is -0.670. The van der Waals surface area contributed by atoms with Crippen molar-refractivity contribution in [3.8, 4) is 5.75 Å². The van der Waals surface area contributed by atoms with Crippen LogP contribution in [-0.4, -0.2) is 22.7 Å². The minimum atomic E-state index is -0.335. The Labute approximate surface area is 119 Å². The van der Waals surface area contributed by atoms with E-state index >= 15 is 0 Å². The van der Waals surface area contributed by atoms with Gasteiger partial charge in [0.2, 0.25) is 0 Å². The van der Waals surface area contributed by atoms with Gasteiger partial charge in [-0.15, -0.1) is 0 Å². The van der Waals surface area contributed by atoms with E-state index in [9.17, 15) is 5.11 Å². The Kier molecular flexibility index (Phi) is 4.34.